The van der Waals surface area contributed by atoms with E-state index in [0.717, 1.165) is 6.54 Å². The molecule has 0 bridgehead atoms. The van der Waals surface area contributed by atoms with Crippen LogP contribution in [0.3, 0.4) is 0 Å². The van der Waals surface area contributed by atoms with Gasteiger partial charge < -0.3 is 4.90 Å². The van der Waals surface area contributed by atoms with Crippen molar-refractivity contribution in [2.75, 3.05) is 6.54 Å². The predicted molar refractivity (Wildman–Crippen MR) is 97.1 cm³/mol. The molecule has 0 radical (unpaired) electrons. The third-order valence-electron chi connectivity index (χ3n) is 3.48. The quantitative estimate of drug-likeness (QED) is 0.634. The average Bonchev–Trinajstić information content (AvgIpc) is 2.56. The van der Waals surface area contributed by atoms with Crippen LogP contribution in [0.4, 0.5) is 0 Å². The Balaban J connectivity index is 2.05. The van der Waals surface area contributed by atoms with E-state index in [9.17, 15) is 0 Å². The highest BCUT2D eigenvalue weighted by molar-refractivity contribution is 5.51. The maximum absolute atomic E-state index is 2.26. The van der Waals surface area contributed by atoms with Gasteiger partial charge in [0.15, 0.2) is 0 Å². The second-order valence-corrected chi connectivity index (χ2v) is 5.87. The van der Waals surface area contributed by atoms with E-state index in [0.29, 0.717) is 5.92 Å². The summed E-state index contributed by atoms with van der Waals surface area (Å²) in [7, 11) is 0. The molecule has 2 aromatic rings. The van der Waals surface area contributed by atoms with Crippen molar-refractivity contribution in [3.8, 4) is 0 Å². The van der Waals surface area contributed by atoms with Crippen LogP contribution in [-0.4, -0.2) is 11.4 Å². The van der Waals surface area contributed by atoms with Crippen molar-refractivity contribution in [2.24, 2.45) is 5.92 Å². The van der Waals surface area contributed by atoms with Gasteiger partial charge in [-0.2, -0.15) is 0 Å². The zero-order chi connectivity index (χ0) is 15.6. The molecule has 2 rings (SSSR count). The lowest BCUT2D eigenvalue weighted by atomic mass is 10.1. The largest absolute Gasteiger partial charge is 0.354 e. The summed E-state index contributed by atoms with van der Waals surface area (Å²) < 4.78 is 0. The lowest BCUT2D eigenvalue weighted by Crippen LogP contribution is -2.13. The zero-order valence-corrected chi connectivity index (χ0v) is 13.5. The Kier molecular flexibility index (Phi) is 6.50. The van der Waals surface area contributed by atoms with Gasteiger partial charge in [0, 0.05) is 18.9 Å². The normalized spacial score (nSPS) is 11.6. The summed E-state index contributed by atoms with van der Waals surface area (Å²) in [6, 6.07) is 20.9. The second kappa shape index (κ2) is 8.89. The molecule has 0 fully saturated rings. The summed E-state index contributed by atoms with van der Waals surface area (Å²) in [6.45, 7) is 5.56. The molecule has 0 N–H and O–H groups in total. The van der Waals surface area contributed by atoms with Gasteiger partial charge in [-0.25, -0.2) is 0 Å². The fraction of sp³-hybridized carbons (Fsp3) is 0.238. The SMILES string of the molecule is CC(C)CCN(C=Cc1ccccc1)C=Cc1ccccc1. The Morgan fingerprint density at radius 2 is 1.23 bits per heavy atom. The zero-order valence-electron chi connectivity index (χ0n) is 13.5. The standard InChI is InChI=1S/C21H25N/c1-19(2)13-16-22(17-14-20-9-5-3-6-10-20)18-15-21-11-7-4-8-12-21/h3-12,14-15,17-19H,13,16H2,1-2H3. The molecular weight excluding hydrogens is 266 g/mol. The molecule has 0 saturated heterocycles. The van der Waals surface area contributed by atoms with E-state index in [4.69, 9.17) is 0 Å². The molecule has 0 amide bonds. The van der Waals surface area contributed by atoms with Gasteiger partial charge in [-0.1, -0.05) is 74.5 Å². The second-order valence-electron chi connectivity index (χ2n) is 5.87. The Morgan fingerprint density at radius 1 is 0.773 bits per heavy atom. The summed E-state index contributed by atoms with van der Waals surface area (Å²) in [5, 5.41) is 0. The Hall–Kier alpha value is -2.28. The van der Waals surface area contributed by atoms with Crippen molar-refractivity contribution in [3.05, 3.63) is 84.2 Å². The molecule has 0 unspecified atom stereocenters. The fourth-order valence-electron chi connectivity index (χ4n) is 2.10. The van der Waals surface area contributed by atoms with E-state index in [2.05, 4.69) is 91.8 Å². The number of rotatable bonds is 7. The van der Waals surface area contributed by atoms with E-state index in [1.54, 1.807) is 0 Å². The molecule has 1 nitrogen and oxygen atoms in total. The number of nitrogens with zero attached hydrogens (tertiary/aromatic N) is 1. The molecule has 114 valence electrons. The van der Waals surface area contributed by atoms with Crippen LogP contribution >= 0.6 is 0 Å². The molecule has 0 spiro atoms. The predicted octanol–water partition coefficient (Wildman–Crippen LogP) is 5.68. The van der Waals surface area contributed by atoms with Gasteiger partial charge in [0.2, 0.25) is 0 Å². The topological polar surface area (TPSA) is 3.24 Å². The van der Waals surface area contributed by atoms with Crippen LogP contribution in [0, 0.1) is 5.92 Å². The van der Waals surface area contributed by atoms with Gasteiger partial charge in [-0.05, 0) is 35.6 Å². The van der Waals surface area contributed by atoms with Gasteiger partial charge in [-0.15, -0.1) is 0 Å². The molecule has 22 heavy (non-hydrogen) atoms. The third-order valence-corrected chi connectivity index (χ3v) is 3.48. The highest BCUT2D eigenvalue weighted by Gasteiger charge is 1.98. The summed E-state index contributed by atoms with van der Waals surface area (Å²) in [5.74, 6) is 0.706. The number of benzene rings is 2. The Bertz CT molecular complexity index is 532. The van der Waals surface area contributed by atoms with Crippen molar-refractivity contribution in [1.82, 2.24) is 4.90 Å². The Morgan fingerprint density at radius 3 is 1.64 bits per heavy atom. The van der Waals surface area contributed by atoms with Crippen LogP contribution in [0.25, 0.3) is 12.2 Å². The van der Waals surface area contributed by atoms with Gasteiger partial charge in [0.25, 0.3) is 0 Å². The van der Waals surface area contributed by atoms with Crippen LogP contribution in [0.2, 0.25) is 0 Å². The van der Waals surface area contributed by atoms with Crippen molar-refractivity contribution < 1.29 is 0 Å². The molecule has 0 aromatic heterocycles. The van der Waals surface area contributed by atoms with Crippen LogP contribution < -0.4 is 0 Å². The molecule has 0 aliphatic carbocycles. The van der Waals surface area contributed by atoms with E-state index in [1.165, 1.54) is 17.5 Å². The lowest BCUT2D eigenvalue weighted by Gasteiger charge is -2.17. The first-order valence-corrected chi connectivity index (χ1v) is 7.96. The van der Waals surface area contributed by atoms with Gasteiger partial charge in [0.05, 0.1) is 0 Å². The highest BCUT2D eigenvalue weighted by atomic mass is 15.1. The van der Waals surface area contributed by atoms with Gasteiger partial charge in [-0.3, -0.25) is 0 Å². The molecule has 2 aromatic carbocycles. The average molecular weight is 291 g/mol. The Labute approximate surface area is 134 Å². The van der Waals surface area contributed by atoms with Crippen molar-refractivity contribution in [1.29, 1.82) is 0 Å². The minimum atomic E-state index is 0.706. The number of hydrogen-bond donors (Lipinski definition) is 0. The molecule has 0 heterocycles. The first-order chi connectivity index (χ1) is 10.7. The van der Waals surface area contributed by atoms with E-state index in [1.807, 2.05) is 12.1 Å². The van der Waals surface area contributed by atoms with E-state index < -0.39 is 0 Å². The lowest BCUT2D eigenvalue weighted by molar-refractivity contribution is 0.440. The minimum Gasteiger partial charge on any atom is -0.354 e. The summed E-state index contributed by atoms with van der Waals surface area (Å²) in [5.41, 5.74) is 2.45. The van der Waals surface area contributed by atoms with Crippen LogP contribution in [0.5, 0.6) is 0 Å². The van der Waals surface area contributed by atoms with Crippen molar-refractivity contribution >= 4 is 12.2 Å². The van der Waals surface area contributed by atoms with Crippen LogP contribution in [0.15, 0.2) is 73.1 Å². The summed E-state index contributed by atoms with van der Waals surface area (Å²) >= 11 is 0. The molecule has 0 atom stereocenters. The smallest absolute Gasteiger partial charge is 0.0222 e. The van der Waals surface area contributed by atoms with Crippen LogP contribution in [0.1, 0.15) is 31.4 Å². The van der Waals surface area contributed by atoms with Crippen molar-refractivity contribution in [2.45, 2.75) is 20.3 Å². The molecular formula is C21H25N. The van der Waals surface area contributed by atoms with Gasteiger partial charge in [0.1, 0.15) is 0 Å². The first kappa shape index (κ1) is 16.1. The molecule has 0 aliphatic rings. The van der Waals surface area contributed by atoms with E-state index in [-0.39, 0.29) is 0 Å². The van der Waals surface area contributed by atoms with Gasteiger partial charge >= 0.3 is 0 Å². The minimum absolute atomic E-state index is 0.706. The monoisotopic (exact) mass is 291 g/mol. The summed E-state index contributed by atoms with van der Waals surface area (Å²) in [6.07, 6.45) is 9.83. The summed E-state index contributed by atoms with van der Waals surface area (Å²) in [4.78, 5) is 2.26. The maximum atomic E-state index is 2.26. The van der Waals surface area contributed by atoms with E-state index >= 15 is 0 Å². The molecule has 0 saturated carbocycles. The van der Waals surface area contributed by atoms with Crippen molar-refractivity contribution in [3.63, 3.8) is 0 Å². The molecule has 0 aliphatic heterocycles. The number of hydrogen-bond acceptors (Lipinski definition) is 1. The molecule has 1 heteroatoms. The van der Waals surface area contributed by atoms with Crippen LogP contribution in [-0.2, 0) is 0 Å². The third kappa shape index (κ3) is 6.01. The fourth-order valence-corrected chi connectivity index (χ4v) is 2.10. The maximum Gasteiger partial charge on any atom is 0.0222 e. The first-order valence-electron chi connectivity index (χ1n) is 7.96. The highest BCUT2D eigenvalue weighted by Crippen LogP contribution is 2.09.